The van der Waals surface area contributed by atoms with Gasteiger partial charge in [0.1, 0.15) is 5.75 Å². The molecule has 2 aromatic heterocycles. The number of ether oxygens (including phenoxy) is 1. The Morgan fingerprint density at radius 2 is 1.94 bits per heavy atom. The molecule has 0 aliphatic heterocycles. The molecule has 2 heterocycles. The summed E-state index contributed by atoms with van der Waals surface area (Å²) in [5, 5.41) is 8.49. The first-order valence-corrected chi connectivity index (χ1v) is 9.55. The van der Waals surface area contributed by atoms with E-state index in [0.29, 0.717) is 17.8 Å². The Hall–Kier alpha value is -3.62. The van der Waals surface area contributed by atoms with Crippen LogP contribution >= 0.6 is 0 Å². The lowest BCUT2D eigenvalue weighted by Gasteiger charge is -2.08. The van der Waals surface area contributed by atoms with E-state index >= 15 is 0 Å². The summed E-state index contributed by atoms with van der Waals surface area (Å²) in [5.74, 6) is 0.147. The van der Waals surface area contributed by atoms with E-state index in [1.807, 2.05) is 35.9 Å². The summed E-state index contributed by atoms with van der Waals surface area (Å²) in [4.78, 5) is 4.33. The first-order chi connectivity index (χ1) is 14.8. The number of alkyl halides is 3. The summed E-state index contributed by atoms with van der Waals surface area (Å²) in [6.45, 7) is 4.61. The van der Waals surface area contributed by atoms with E-state index in [9.17, 15) is 13.2 Å². The number of aryl methyl sites for hydroxylation is 2. The molecule has 0 unspecified atom stereocenters. The Kier molecular flexibility index (Phi) is 5.50. The predicted octanol–water partition coefficient (Wildman–Crippen LogP) is 5.22. The van der Waals surface area contributed by atoms with Crippen LogP contribution in [0.15, 0.2) is 53.1 Å². The van der Waals surface area contributed by atoms with Crippen molar-refractivity contribution in [2.75, 3.05) is 0 Å². The van der Waals surface area contributed by atoms with Crippen LogP contribution in [0.4, 0.5) is 13.2 Å². The van der Waals surface area contributed by atoms with Crippen LogP contribution < -0.4 is 4.74 Å². The lowest BCUT2D eigenvalue weighted by atomic mass is 10.1. The molecular formula is C22H18F3N4O2. The molecule has 0 spiro atoms. The van der Waals surface area contributed by atoms with Gasteiger partial charge < -0.3 is 9.26 Å². The minimum atomic E-state index is -4.74. The summed E-state index contributed by atoms with van der Waals surface area (Å²) in [5.41, 5.74) is 4.21. The highest BCUT2D eigenvalue weighted by Gasteiger charge is 2.31. The minimum absolute atomic E-state index is 0.225. The number of halogens is 3. The molecule has 31 heavy (non-hydrogen) atoms. The Bertz CT molecular complexity index is 1180. The highest BCUT2D eigenvalue weighted by molar-refractivity contribution is 5.59. The summed E-state index contributed by atoms with van der Waals surface area (Å²) < 4.78 is 47.9. The fourth-order valence-corrected chi connectivity index (χ4v) is 3.17. The molecule has 0 bridgehead atoms. The zero-order valence-corrected chi connectivity index (χ0v) is 16.8. The molecule has 0 atom stereocenters. The second-order valence-corrected chi connectivity index (χ2v) is 6.85. The van der Waals surface area contributed by atoms with Gasteiger partial charge in [0, 0.05) is 11.3 Å². The van der Waals surface area contributed by atoms with Crippen LogP contribution in [0.1, 0.15) is 23.7 Å². The van der Waals surface area contributed by atoms with E-state index in [-0.39, 0.29) is 17.5 Å². The first kappa shape index (κ1) is 20.6. The lowest BCUT2D eigenvalue weighted by Crippen LogP contribution is -2.16. The van der Waals surface area contributed by atoms with Crippen molar-refractivity contribution in [3.8, 4) is 28.7 Å². The maximum absolute atomic E-state index is 12.3. The molecule has 0 saturated heterocycles. The van der Waals surface area contributed by atoms with Gasteiger partial charge in [-0.2, -0.15) is 10.1 Å². The maximum Gasteiger partial charge on any atom is 0.573 e. The van der Waals surface area contributed by atoms with E-state index in [1.54, 1.807) is 0 Å². The predicted molar refractivity (Wildman–Crippen MR) is 106 cm³/mol. The molecule has 6 nitrogen and oxygen atoms in total. The van der Waals surface area contributed by atoms with Gasteiger partial charge in [-0.3, -0.25) is 4.68 Å². The molecule has 0 aliphatic carbocycles. The normalized spacial score (nSPS) is 11.6. The van der Waals surface area contributed by atoms with Gasteiger partial charge in [-0.05, 0) is 60.9 Å². The molecular weight excluding hydrogens is 409 g/mol. The van der Waals surface area contributed by atoms with Crippen molar-refractivity contribution < 1.29 is 22.4 Å². The van der Waals surface area contributed by atoms with Gasteiger partial charge in [-0.15, -0.1) is 13.2 Å². The summed E-state index contributed by atoms with van der Waals surface area (Å²) in [6.07, 6.45) is -3.86. The molecule has 4 aromatic rings. The molecule has 9 heteroatoms. The van der Waals surface area contributed by atoms with Crippen molar-refractivity contribution in [1.82, 2.24) is 19.9 Å². The van der Waals surface area contributed by atoms with Gasteiger partial charge in [-0.25, -0.2) is 0 Å². The van der Waals surface area contributed by atoms with Gasteiger partial charge >= 0.3 is 6.36 Å². The highest BCUT2D eigenvalue weighted by atomic mass is 19.4. The van der Waals surface area contributed by atoms with Crippen LogP contribution in [0.2, 0.25) is 0 Å². The van der Waals surface area contributed by atoms with Gasteiger partial charge in [-0.1, -0.05) is 30.3 Å². The fraction of sp³-hybridized carbons (Fsp3) is 0.227. The number of nitrogens with zero attached hydrogens (tertiary/aromatic N) is 4. The molecule has 0 amide bonds. The average Bonchev–Trinajstić information content (AvgIpc) is 3.35. The maximum atomic E-state index is 12.3. The van der Waals surface area contributed by atoms with Crippen molar-refractivity contribution in [2.24, 2.45) is 0 Å². The fourth-order valence-electron chi connectivity index (χ4n) is 3.17. The second-order valence-electron chi connectivity index (χ2n) is 6.85. The van der Waals surface area contributed by atoms with Gasteiger partial charge in [0.15, 0.2) is 5.69 Å². The summed E-state index contributed by atoms with van der Waals surface area (Å²) in [7, 11) is 0. The monoisotopic (exact) mass is 427 g/mol. The van der Waals surface area contributed by atoms with E-state index in [2.05, 4.69) is 33.0 Å². The highest BCUT2D eigenvalue weighted by Crippen LogP contribution is 2.27. The van der Waals surface area contributed by atoms with Crippen LogP contribution in [0, 0.1) is 13.0 Å². The van der Waals surface area contributed by atoms with Crippen molar-refractivity contribution in [2.45, 2.75) is 33.2 Å². The third-order valence-corrected chi connectivity index (χ3v) is 4.68. The molecule has 0 saturated carbocycles. The Labute approximate surface area is 176 Å². The minimum Gasteiger partial charge on any atom is -0.406 e. The van der Waals surface area contributed by atoms with Crippen molar-refractivity contribution >= 4 is 0 Å². The van der Waals surface area contributed by atoms with Gasteiger partial charge in [0.2, 0.25) is 5.82 Å². The topological polar surface area (TPSA) is 66.0 Å². The van der Waals surface area contributed by atoms with Crippen LogP contribution in [-0.4, -0.2) is 26.3 Å². The molecule has 0 N–H and O–H groups in total. The second kappa shape index (κ2) is 8.25. The summed E-state index contributed by atoms with van der Waals surface area (Å²) >= 11 is 0. The standard InChI is InChI=1S/C22H18F3N4O2/c1-3-15-6-4-5-7-17(15)13-29-14(2)12-19(27-29)21-26-20(28-31-21)16-8-10-18(11-9-16)30-22(23,24)25/h4-5,7-12H,3,13H2,1-2H3. The average molecular weight is 427 g/mol. The Balaban J connectivity index is 1.54. The number of hydrogen-bond donors (Lipinski definition) is 0. The van der Waals surface area contributed by atoms with E-state index in [0.717, 1.165) is 23.2 Å². The smallest absolute Gasteiger partial charge is 0.406 e. The van der Waals surface area contributed by atoms with Crippen LogP contribution in [0.25, 0.3) is 23.0 Å². The number of rotatable bonds is 6. The van der Waals surface area contributed by atoms with E-state index < -0.39 is 6.36 Å². The SMILES string of the molecule is CCc1[c]cccc1Cn1nc(-c2nc(-c3ccc(OC(F)(F)F)cc3)no2)cc1C. The van der Waals surface area contributed by atoms with Crippen molar-refractivity contribution in [1.29, 1.82) is 0 Å². The molecule has 2 aromatic carbocycles. The molecule has 1 radical (unpaired) electrons. The van der Waals surface area contributed by atoms with Crippen LogP contribution in [0.3, 0.4) is 0 Å². The molecule has 0 aliphatic rings. The zero-order valence-electron chi connectivity index (χ0n) is 16.8. The first-order valence-electron chi connectivity index (χ1n) is 9.55. The Morgan fingerprint density at radius 1 is 1.16 bits per heavy atom. The van der Waals surface area contributed by atoms with Gasteiger partial charge in [0.05, 0.1) is 6.54 Å². The quantitative estimate of drug-likeness (QED) is 0.422. The third-order valence-electron chi connectivity index (χ3n) is 4.68. The number of hydrogen-bond acceptors (Lipinski definition) is 5. The van der Waals surface area contributed by atoms with Crippen molar-refractivity contribution in [3.63, 3.8) is 0 Å². The van der Waals surface area contributed by atoms with Crippen LogP contribution in [-0.2, 0) is 13.0 Å². The Morgan fingerprint density at radius 3 is 2.65 bits per heavy atom. The van der Waals surface area contributed by atoms with Crippen LogP contribution in [0.5, 0.6) is 5.75 Å². The largest absolute Gasteiger partial charge is 0.573 e. The molecule has 0 fully saturated rings. The van der Waals surface area contributed by atoms with Gasteiger partial charge in [0.25, 0.3) is 5.89 Å². The third kappa shape index (κ3) is 4.76. The van der Waals surface area contributed by atoms with Crippen molar-refractivity contribution in [3.05, 3.63) is 71.4 Å². The van der Waals surface area contributed by atoms with E-state index in [4.69, 9.17) is 4.52 Å². The molecule has 4 rings (SSSR count). The number of aromatic nitrogens is 4. The number of benzene rings is 2. The van der Waals surface area contributed by atoms with E-state index in [1.165, 1.54) is 24.3 Å². The molecule has 159 valence electrons. The lowest BCUT2D eigenvalue weighted by molar-refractivity contribution is -0.274. The summed E-state index contributed by atoms with van der Waals surface area (Å²) in [6, 6.07) is 16.2. The zero-order chi connectivity index (χ0) is 22.0.